The molecule has 1 aliphatic rings. The van der Waals surface area contributed by atoms with Crippen molar-refractivity contribution in [3.05, 3.63) is 12.3 Å². The zero-order valence-corrected chi connectivity index (χ0v) is 9.08. The van der Waals surface area contributed by atoms with Crippen molar-refractivity contribution in [3.8, 4) is 0 Å². The van der Waals surface area contributed by atoms with Crippen LogP contribution in [0, 0.1) is 0 Å². The molecule has 0 saturated carbocycles. The Hall–Kier alpha value is -0.540. The molecule has 0 aliphatic carbocycles. The molecule has 0 atom stereocenters. The van der Waals surface area contributed by atoms with Gasteiger partial charge in [0.25, 0.3) is 0 Å². The Kier molecular flexibility index (Phi) is 3.75. The van der Waals surface area contributed by atoms with Crippen molar-refractivity contribution in [2.45, 2.75) is 0 Å². The third-order valence-electron chi connectivity index (χ3n) is 2.63. The summed E-state index contributed by atoms with van der Waals surface area (Å²) in [5.74, 6) is 0. The molecule has 0 radical (unpaired) electrons. The minimum absolute atomic E-state index is 1.01. The molecule has 0 aromatic heterocycles. The smallest absolute Gasteiger partial charge is 0.0378 e. The Balaban J connectivity index is 2.26. The Labute approximate surface area is 81.6 Å². The predicted octanol–water partition coefficient (Wildman–Crippen LogP) is 0.309. The van der Waals surface area contributed by atoms with Crippen molar-refractivity contribution in [2.24, 2.45) is 0 Å². The van der Waals surface area contributed by atoms with Crippen LogP contribution in [0.5, 0.6) is 0 Å². The van der Waals surface area contributed by atoms with Gasteiger partial charge in [0.15, 0.2) is 0 Å². The van der Waals surface area contributed by atoms with Crippen LogP contribution in [0.25, 0.3) is 0 Å². The first-order valence-corrected chi connectivity index (χ1v) is 4.85. The molecule has 0 unspecified atom stereocenters. The lowest BCUT2D eigenvalue weighted by Gasteiger charge is -2.33. The van der Waals surface area contributed by atoms with E-state index in [1.807, 2.05) is 0 Å². The molecule has 1 aliphatic heterocycles. The van der Waals surface area contributed by atoms with Gasteiger partial charge in [0.1, 0.15) is 0 Å². The maximum absolute atomic E-state index is 4.04. The summed E-state index contributed by atoms with van der Waals surface area (Å²) in [7, 11) is 6.29. The molecule has 1 rings (SSSR count). The third kappa shape index (κ3) is 3.36. The lowest BCUT2D eigenvalue weighted by Crippen LogP contribution is -2.45. The topological polar surface area (TPSA) is 9.72 Å². The molecule has 1 saturated heterocycles. The van der Waals surface area contributed by atoms with Gasteiger partial charge < -0.3 is 9.80 Å². The summed E-state index contributed by atoms with van der Waals surface area (Å²) < 4.78 is 0. The SMILES string of the molecule is C=C(CN1CCN(C)CC1)N(C)C. The Morgan fingerprint density at radius 3 is 2.23 bits per heavy atom. The van der Waals surface area contributed by atoms with E-state index < -0.39 is 0 Å². The molecular formula is C10H21N3. The third-order valence-corrected chi connectivity index (χ3v) is 2.63. The number of hydrogen-bond donors (Lipinski definition) is 0. The van der Waals surface area contributed by atoms with Crippen LogP contribution in [0.4, 0.5) is 0 Å². The van der Waals surface area contributed by atoms with Crippen molar-refractivity contribution >= 4 is 0 Å². The van der Waals surface area contributed by atoms with E-state index in [9.17, 15) is 0 Å². The van der Waals surface area contributed by atoms with Gasteiger partial charge in [0.2, 0.25) is 0 Å². The van der Waals surface area contributed by atoms with E-state index in [0.717, 1.165) is 6.54 Å². The highest BCUT2D eigenvalue weighted by Crippen LogP contribution is 2.03. The Morgan fingerprint density at radius 2 is 1.77 bits per heavy atom. The van der Waals surface area contributed by atoms with Crippen LogP contribution in [-0.2, 0) is 0 Å². The van der Waals surface area contributed by atoms with Gasteiger partial charge >= 0.3 is 0 Å². The quantitative estimate of drug-likeness (QED) is 0.623. The van der Waals surface area contributed by atoms with E-state index in [4.69, 9.17) is 0 Å². The minimum atomic E-state index is 1.01. The molecule has 3 nitrogen and oxygen atoms in total. The van der Waals surface area contributed by atoms with E-state index in [1.54, 1.807) is 0 Å². The lowest BCUT2D eigenvalue weighted by molar-refractivity contribution is 0.157. The molecule has 0 bridgehead atoms. The summed E-state index contributed by atoms with van der Waals surface area (Å²) in [5, 5.41) is 0. The largest absolute Gasteiger partial charge is 0.380 e. The van der Waals surface area contributed by atoms with Gasteiger partial charge in [-0.3, -0.25) is 4.90 Å². The number of rotatable bonds is 3. The molecule has 0 aromatic carbocycles. The molecule has 0 aromatic rings. The first-order valence-electron chi connectivity index (χ1n) is 4.85. The van der Waals surface area contributed by atoms with Gasteiger partial charge in [0.05, 0.1) is 0 Å². The summed E-state index contributed by atoms with van der Waals surface area (Å²) >= 11 is 0. The zero-order chi connectivity index (χ0) is 9.84. The average Bonchev–Trinajstić information content (AvgIpc) is 2.08. The summed E-state index contributed by atoms with van der Waals surface area (Å²) in [6, 6.07) is 0. The van der Waals surface area contributed by atoms with Crippen molar-refractivity contribution in [3.63, 3.8) is 0 Å². The van der Waals surface area contributed by atoms with Crippen LogP contribution in [0.2, 0.25) is 0 Å². The van der Waals surface area contributed by atoms with Crippen LogP contribution >= 0.6 is 0 Å². The van der Waals surface area contributed by atoms with Gasteiger partial charge in [-0.05, 0) is 7.05 Å². The zero-order valence-electron chi connectivity index (χ0n) is 9.08. The van der Waals surface area contributed by atoms with Gasteiger partial charge in [-0.15, -0.1) is 0 Å². The van der Waals surface area contributed by atoms with Crippen molar-refractivity contribution in [1.29, 1.82) is 0 Å². The van der Waals surface area contributed by atoms with Crippen LogP contribution in [0.3, 0.4) is 0 Å². The van der Waals surface area contributed by atoms with E-state index in [2.05, 4.69) is 42.4 Å². The van der Waals surface area contributed by atoms with Crippen LogP contribution in [0.1, 0.15) is 0 Å². The maximum atomic E-state index is 4.04. The first kappa shape index (κ1) is 10.5. The predicted molar refractivity (Wildman–Crippen MR) is 56.8 cm³/mol. The van der Waals surface area contributed by atoms with Gasteiger partial charge in [-0.25, -0.2) is 0 Å². The maximum Gasteiger partial charge on any atom is 0.0378 e. The highest BCUT2D eigenvalue weighted by Gasteiger charge is 2.14. The van der Waals surface area contributed by atoms with Gasteiger partial charge in [-0.1, -0.05) is 6.58 Å². The molecule has 0 spiro atoms. The monoisotopic (exact) mass is 183 g/mol. The number of nitrogens with zero attached hydrogens (tertiary/aromatic N) is 3. The second-order valence-electron chi connectivity index (χ2n) is 4.04. The van der Waals surface area contributed by atoms with Crippen LogP contribution < -0.4 is 0 Å². The van der Waals surface area contributed by atoms with Crippen molar-refractivity contribution in [1.82, 2.24) is 14.7 Å². The Bertz CT molecular complexity index is 169. The van der Waals surface area contributed by atoms with Crippen LogP contribution in [-0.4, -0.2) is 68.6 Å². The fraction of sp³-hybridized carbons (Fsp3) is 0.800. The van der Waals surface area contributed by atoms with Crippen LogP contribution in [0.15, 0.2) is 12.3 Å². The summed E-state index contributed by atoms with van der Waals surface area (Å²) in [5.41, 5.74) is 1.20. The fourth-order valence-electron chi connectivity index (χ4n) is 1.41. The molecule has 0 N–H and O–H groups in total. The molecule has 1 heterocycles. The van der Waals surface area contributed by atoms with Crippen molar-refractivity contribution < 1.29 is 0 Å². The van der Waals surface area contributed by atoms with E-state index >= 15 is 0 Å². The van der Waals surface area contributed by atoms with Gasteiger partial charge in [0, 0.05) is 52.5 Å². The molecule has 0 amide bonds. The first-order chi connectivity index (χ1) is 6.09. The average molecular weight is 183 g/mol. The standard InChI is InChI=1S/C10H21N3/c1-10(11(2)3)9-13-7-5-12(4)6-8-13/h1,5-9H2,2-4H3. The van der Waals surface area contributed by atoms with E-state index in [1.165, 1.54) is 31.9 Å². The highest BCUT2D eigenvalue weighted by molar-refractivity contribution is 4.94. The lowest BCUT2D eigenvalue weighted by atomic mass is 10.3. The molecular weight excluding hydrogens is 162 g/mol. The normalized spacial score (nSPS) is 20.2. The van der Waals surface area contributed by atoms with E-state index in [-0.39, 0.29) is 0 Å². The summed E-state index contributed by atoms with van der Waals surface area (Å²) in [6.07, 6.45) is 0. The number of hydrogen-bond acceptors (Lipinski definition) is 3. The Morgan fingerprint density at radius 1 is 1.23 bits per heavy atom. The number of likely N-dealkylation sites (N-methyl/N-ethyl adjacent to an activating group) is 2. The van der Waals surface area contributed by atoms with Crippen molar-refractivity contribution in [2.75, 3.05) is 53.9 Å². The van der Waals surface area contributed by atoms with Gasteiger partial charge in [-0.2, -0.15) is 0 Å². The molecule has 3 heteroatoms. The summed E-state index contributed by atoms with van der Waals surface area (Å²) in [6.45, 7) is 9.76. The second kappa shape index (κ2) is 4.63. The highest BCUT2D eigenvalue weighted by atomic mass is 15.3. The number of piperazine rings is 1. The minimum Gasteiger partial charge on any atom is -0.380 e. The fourth-order valence-corrected chi connectivity index (χ4v) is 1.41. The summed E-state index contributed by atoms with van der Waals surface area (Å²) in [4.78, 5) is 6.93. The van der Waals surface area contributed by atoms with E-state index in [0.29, 0.717) is 0 Å². The second-order valence-corrected chi connectivity index (χ2v) is 4.04. The molecule has 76 valence electrons. The molecule has 1 fully saturated rings. The molecule has 13 heavy (non-hydrogen) atoms.